The Hall–Kier alpha value is -0.660. The normalized spacial score (nSPS) is 24.4. The number of carbonyl (C=O) groups is 1. The minimum absolute atomic E-state index is 0.105. The fourth-order valence-corrected chi connectivity index (χ4v) is 3.69. The van der Waals surface area contributed by atoms with Crippen molar-refractivity contribution in [3.63, 3.8) is 0 Å². The molecule has 1 N–H and O–H groups in total. The summed E-state index contributed by atoms with van der Waals surface area (Å²) in [5.41, 5.74) is 0. The van der Waals surface area contributed by atoms with E-state index >= 15 is 0 Å². The third-order valence-corrected chi connectivity index (χ3v) is 5.29. The van der Waals surface area contributed by atoms with Crippen LogP contribution in [0.3, 0.4) is 0 Å². The van der Waals surface area contributed by atoms with Crippen molar-refractivity contribution in [2.24, 2.45) is 0 Å². The van der Waals surface area contributed by atoms with Gasteiger partial charge in [0.15, 0.2) is 5.25 Å². The minimum atomic E-state index is -3.55. The predicted molar refractivity (Wildman–Crippen MR) is 66.1 cm³/mol. The van der Waals surface area contributed by atoms with Crippen molar-refractivity contribution in [2.75, 3.05) is 33.7 Å². The zero-order chi connectivity index (χ0) is 13.2. The van der Waals surface area contributed by atoms with E-state index in [9.17, 15) is 13.2 Å². The molecule has 1 fully saturated rings. The van der Waals surface area contributed by atoms with Gasteiger partial charge in [0, 0.05) is 39.8 Å². The summed E-state index contributed by atoms with van der Waals surface area (Å²) in [6.45, 7) is 4.98. The summed E-state index contributed by atoms with van der Waals surface area (Å²) in [6, 6.07) is -0.105. The summed E-state index contributed by atoms with van der Waals surface area (Å²) in [5.74, 6) is -0.379. The quantitative estimate of drug-likeness (QED) is 0.715. The fraction of sp³-hybridized carbons (Fsp3) is 0.900. The van der Waals surface area contributed by atoms with Crippen LogP contribution in [0, 0.1) is 0 Å². The number of piperazine rings is 1. The van der Waals surface area contributed by atoms with E-state index in [1.165, 1.54) is 16.1 Å². The van der Waals surface area contributed by atoms with E-state index in [0.717, 1.165) is 0 Å². The molecule has 0 radical (unpaired) electrons. The van der Waals surface area contributed by atoms with Crippen LogP contribution in [-0.4, -0.2) is 68.6 Å². The lowest BCUT2D eigenvalue weighted by atomic mass is 10.3. The topological polar surface area (TPSA) is 69.7 Å². The molecule has 1 saturated heterocycles. The summed E-state index contributed by atoms with van der Waals surface area (Å²) >= 11 is 0. The van der Waals surface area contributed by atoms with Crippen molar-refractivity contribution >= 4 is 15.9 Å². The lowest BCUT2D eigenvalue weighted by molar-refractivity contribution is -0.128. The summed E-state index contributed by atoms with van der Waals surface area (Å²) in [6.07, 6.45) is 0. The summed E-state index contributed by atoms with van der Waals surface area (Å²) in [4.78, 5) is 13.1. The van der Waals surface area contributed by atoms with Crippen molar-refractivity contribution in [2.45, 2.75) is 25.1 Å². The van der Waals surface area contributed by atoms with Gasteiger partial charge in [-0.05, 0) is 13.8 Å². The predicted octanol–water partition coefficient (Wildman–Crippen LogP) is -0.913. The van der Waals surface area contributed by atoms with Crippen molar-refractivity contribution in [1.29, 1.82) is 0 Å². The molecule has 7 heteroatoms. The van der Waals surface area contributed by atoms with E-state index < -0.39 is 15.3 Å². The van der Waals surface area contributed by atoms with Gasteiger partial charge in [-0.25, -0.2) is 8.42 Å². The summed E-state index contributed by atoms with van der Waals surface area (Å²) in [7, 11) is -0.423. The molecular formula is C10H21N3O3S. The number of rotatable bonds is 3. The average Bonchev–Trinajstić information content (AvgIpc) is 2.27. The summed E-state index contributed by atoms with van der Waals surface area (Å²) < 4.78 is 26.0. The highest BCUT2D eigenvalue weighted by molar-refractivity contribution is 7.90. The van der Waals surface area contributed by atoms with Crippen molar-refractivity contribution in [3.05, 3.63) is 0 Å². The molecule has 2 atom stereocenters. The third-order valence-electron chi connectivity index (χ3n) is 3.00. The largest absolute Gasteiger partial charge is 0.348 e. The van der Waals surface area contributed by atoms with Crippen LogP contribution in [0.15, 0.2) is 0 Å². The molecule has 17 heavy (non-hydrogen) atoms. The SMILES string of the molecule is CC1CNCCN1S(=O)(=O)C(C)C(=O)N(C)C. The molecule has 0 aliphatic carbocycles. The van der Waals surface area contributed by atoms with E-state index in [0.29, 0.717) is 19.6 Å². The molecule has 1 heterocycles. The molecule has 100 valence electrons. The van der Waals surface area contributed by atoms with E-state index in [1.807, 2.05) is 6.92 Å². The molecule has 1 aliphatic heterocycles. The Kier molecular flexibility index (Phi) is 4.51. The highest BCUT2D eigenvalue weighted by atomic mass is 32.2. The standard InChI is InChI=1S/C10H21N3O3S/c1-8-7-11-5-6-13(8)17(15,16)9(2)10(14)12(3)4/h8-9,11H,5-7H2,1-4H3. The fourth-order valence-electron chi connectivity index (χ4n) is 1.89. The molecule has 0 aromatic heterocycles. The van der Waals surface area contributed by atoms with Crippen LogP contribution in [0.25, 0.3) is 0 Å². The first-order valence-electron chi connectivity index (χ1n) is 5.71. The van der Waals surface area contributed by atoms with Crippen LogP contribution in [-0.2, 0) is 14.8 Å². The van der Waals surface area contributed by atoms with Crippen LogP contribution in [0.4, 0.5) is 0 Å². The second-order valence-electron chi connectivity index (χ2n) is 4.58. The molecule has 0 saturated carbocycles. The Bertz CT molecular complexity index is 380. The number of hydrogen-bond acceptors (Lipinski definition) is 4. The van der Waals surface area contributed by atoms with Gasteiger partial charge >= 0.3 is 0 Å². The first-order chi connectivity index (χ1) is 7.78. The molecular weight excluding hydrogens is 242 g/mol. The Labute approximate surface area is 103 Å². The molecule has 0 aromatic carbocycles. The smallest absolute Gasteiger partial charge is 0.241 e. The molecule has 1 rings (SSSR count). The van der Waals surface area contributed by atoms with E-state index in [1.54, 1.807) is 14.1 Å². The lowest BCUT2D eigenvalue weighted by Crippen LogP contribution is -2.56. The zero-order valence-corrected chi connectivity index (χ0v) is 11.6. The Morgan fingerprint density at radius 3 is 2.53 bits per heavy atom. The summed E-state index contributed by atoms with van der Waals surface area (Å²) in [5, 5.41) is 2.11. The van der Waals surface area contributed by atoms with Gasteiger partial charge in [0.05, 0.1) is 0 Å². The number of nitrogens with zero attached hydrogens (tertiary/aromatic N) is 2. The van der Waals surface area contributed by atoms with E-state index in [2.05, 4.69) is 5.32 Å². The number of hydrogen-bond donors (Lipinski definition) is 1. The highest BCUT2D eigenvalue weighted by Crippen LogP contribution is 2.15. The Morgan fingerprint density at radius 2 is 2.06 bits per heavy atom. The Balaban J connectivity index is 2.90. The molecule has 0 bridgehead atoms. The number of carbonyl (C=O) groups excluding carboxylic acids is 1. The van der Waals surface area contributed by atoms with Crippen molar-refractivity contribution in [1.82, 2.24) is 14.5 Å². The second-order valence-corrected chi connectivity index (χ2v) is 6.79. The molecule has 1 aliphatic rings. The zero-order valence-electron chi connectivity index (χ0n) is 10.8. The van der Waals surface area contributed by atoms with Gasteiger partial charge in [-0.3, -0.25) is 4.79 Å². The number of amides is 1. The minimum Gasteiger partial charge on any atom is -0.348 e. The van der Waals surface area contributed by atoms with Crippen molar-refractivity contribution < 1.29 is 13.2 Å². The van der Waals surface area contributed by atoms with Crippen LogP contribution >= 0.6 is 0 Å². The maximum Gasteiger partial charge on any atom is 0.241 e. The number of nitrogens with one attached hydrogen (secondary N) is 1. The first-order valence-corrected chi connectivity index (χ1v) is 7.21. The van der Waals surface area contributed by atoms with Gasteiger partial charge in [-0.1, -0.05) is 0 Å². The molecule has 1 amide bonds. The van der Waals surface area contributed by atoms with Gasteiger partial charge < -0.3 is 10.2 Å². The van der Waals surface area contributed by atoms with E-state index in [-0.39, 0.29) is 11.9 Å². The van der Waals surface area contributed by atoms with Crippen LogP contribution in [0.2, 0.25) is 0 Å². The average molecular weight is 263 g/mol. The second kappa shape index (κ2) is 5.32. The van der Waals surface area contributed by atoms with Gasteiger partial charge in [0.1, 0.15) is 0 Å². The lowest BCUT2D eigenvalue weighted by Gasteiger charge is -2.34. The monoisotopic (exact) mass is 263 g/mol. The van der Waals surface area contributed by atoms with Crippen molar-refractivity contribution in [3.8, 4) is 0 Å². The van der Waals surface area contributed by atoms with Gasteiger partial charge in [0.25, 0.3) is 0 Å². The molecule has 0 spiro atoms. The number of sulfonamides is 1. The van der Waals surface area contributed by atoms with Gasteiger partial charge in [-0.2, -0.15) is 4.31 Å². The van der Waals surface area contributed by atoms with Crippen LogP contribution in [0.5, 0.6) is 0 Å². The van der Waals surface area contributed by atoms with E-state index in [4.69, 9.17) is 0 Å². The maximum absolute atomic E-state index is 12.3. The maximum atomic E-state index is 12.3. The molecule has 0 aromatic rings. The first kappa shape index (κ1) is 14.4. The highest BCUT2D eigenvalue weighted by Gasteiger charge is 2.37. The Morgan fingerprint density at radius 1 is 1.47 bits per heavy atom. The van der Waals surface area contributed by atoms with Gasteiger partial charge in [0.2, 0.25) is 15.9 Å². The molecule has 2 unspecified atom stereocenters. The third kappa shape index (κ3) is 2.97. The van der Waals surface area contributed by atoms with Crippen LogP contribution < -0.4 is 5.32 Å². The van der Waals surface area contributed by atoms with Gasteiger partial charge in [-0.15, -0.1) is 0 Å². The van der Waals surface area contributed by atoms with Crippen LogP contribution in [0.1, 0.15) is 13.8 Å². The molecule has 6 nitrogen and oxygen atoms in total.